The Morgan fingerprint density at radius 1 is 1.53 bits per heavy atom. The summed E-state index contributed by atoms with van der Waals surface area (Å²) in [6.45, 7) is 1.98. The predicted octanol–water partition coefficient (Wildman–Crippen LogP) is 2.76. The number of hydrogen-bond acceptors (Lipinski definition) is 3. The van der Waals surface area contributed by atoms with Crippen LogP contribution >= 0.6 is 27.3 Å². The van der Waals surface area contributed by atoms with Crippen LogP contribution in [0.3, 0.4) is 0 Å². The summed E-state index contributed by atoms with van der Waals surface area (Å²) in [5, 5.41) is 15.0. The van der Waals surface area contributed by atoms with Gasteiger partial charge in [0.1, 0.15) is 0 Å². The summed E-state index contributed by atoms with van der Waals surface area (Å²) in [7, 11) is 0. The fourth-order valence-electron chi connectivity index (χ4n) is 2.08. The zero-order chi connectivity index (χ0) is 10.7. The molecule has 2 unspecified atom stereocenters. The molecule has 4 heteroatoms. The standard InChI is InChI=1S/C11H16BrNOS/c12-9-4-11(15-7-9)6-13-5-8-1-2-10(14)3-8/h4,7-8,10,13-14H,1-3,5-6H2. The van der Waals surface area contributed by atoms with Crippen molar-refractivity contribution in [2.75, 3.05) is 6.54 Å². The number of thiophene rings is 1. The molecule has 2 atom stereocenters. The SMILES string of the molecule is OC1CCC(CNCc2cc(Br)cs2)C1. The van der Waals surface area contributed by atoms with E-state index in [1.165, 1.54) is 15.8 Å². The Kier molecular flexibility index (Phi) is 4.20. The molecule has 1 aromatic rings. The van der Waals surface area contributed by atoms with Crippen LogP contribution in [0.2, 0.25) is 0 Å². The van der Waals surface area contributed by atoms with E-state index < -0.39 is 0 Å². The molecule has 0 amide bonds. The quantitative estimate of drug-likeness (QED) is 0.893. The molecule has 84 valence electrons. The Balaban J connectivity index is 1.67. The van der Waals surface area contributed by atoms with E-state index in [0.717, 1.165) is 25.9 Å². The number of aliphatic hydroxyl groups is 1. The first-order valence-electron chi connectivity index (χ1n) is 5.35. The summed E-state index contributed by atoms with van der Waals surface area (Å²) < 4.78 is 1.17. The lowest BCUT2D eigenvalue weighted by Crippen LogP contribution is -2.20. The molecular weight excluding hydrogens is 274 g/mol. The maximum absolute atomic E-state index is 9.39. The first kappa shape index (κ1) is 11.6. The predicted molar refractivity (Wildman–Crippen MR) is 67.1 cm³/mol. The van der Waals surface area contributed by atoms with Crippen LogP contribution in [0.1, 0.15) is 24.1 Å². The second-order valence-corrected chi connectivity index (χ2v) is 6.11. The van der Waals surface area contributed by atoms with Crippen molar-refractivity contribution >= 4 is 27.3 Å². The maximum atomic E-state index is 9.39. The van der Waals surface area contributed by atoms with Gasteiger partial charge in [0.15, 0.2) is 0 Å². The van der Waals surface area contributed by atoms with Gasteiger partial charge in [0.25, 0.3) is 0 Å². The zero-order valence-electron chi connectivity index (χ0n) is 8.58. The van der Waals surface area contributed by atoms with E-state index in [9.17, 15) is 5.11 Å². The number of rotatable bonds is 4. The monoisotopic (exact) mass is 289 g/mol. The van der Waals surface area contributed by atoms with Crippen LogP contribution in [0.15, 0.2) is 15.9 Å². The average Bonchev–Trinajstić information content (AvgIpc) is 2.76. The molecule has 0 radical (unpaired) electrons. The smallest absolute Gasteiger partial charge is 0.0543 e. The van der Waals surface area contributed by atoms with E-state index in [0.29, 0.717) is 5.92 Å². The van der Waals surface area contributed by atoms with Gasteiger partial charge in [0.05, 0.1) is 6.10 Å². The molecule has 1 heterocycles. The molecule has 0 bridgehead atoms. The van der Waals surface area contributed by atoms with Crippen molar-refractivity contribution in [3.05, 3.63) is 20.8 Å². The van der Waals surface area contributed by atoms with E-state index in [4.69, 9.17) is 0 Å². The van der Waals surface area contributed by atoms with Crippen molar-refractivity contribution in [2.24, 2.45) is 5.92 Å². The number of aliphatic hydroxyl groups excluding tert-OH is 1. The van der Waals surface area contributed by atoms with E-state index in [2.05, 4.69) is 32.7 Å². The number of halogens is 1. The fraction of sp³-hybridized carbons (Fsp3) is 0.636. The molecule has 0 aliphatic heterocycles. The number of hydrogen-bond donors (Lipinski definition) is 2. The van der Waals surface area contributed by atoms with E-state index in [1.54, 1.807) is 11.3 Å². The highest BCUT2D eigenvalue weighted by molar-refractivity contribution is 9.10. The molecule has 0 saturated heterocycles. The minimum Gasteiger partial charge on any atom is -0.393 e. The van der Waals surface area contributed by atoms with Gasteiger partial charge >= 0.3 is 0 Å². The minimum atomic E-state index is -0.0484. The zero-order valence-corrected chi connectivity index (χ0v) is 11.0. The van der Waals surface area contributed by atoms with Gasteiger partial charge < -0.3 is 10.4 Å². The molecule has 2 rings (SSSR count). The van der Waals surface area contributed by atoms with Crippen LogP contribution in [-0.4, -0.2) is 17.8 Å². The van der Waals surface area contributed by atoms with Crippen LogP contribution < -0.4 is 5.32 Å². The normalized spacial score (nSPS) is 26.0. The van der Waals surface area contributed by atoms with Crippen molar-refractivity contribution in [1.29, 1.82) is 0 Å². The number of nitrogens with one attached hydrogen (secondary N) is 1. The molecule has 0 spiro atoms. The summed E-state index contributed by atoms with van der Waals surface area (Å²) in [6.07, 6.45) is 3.08. The largest absolute Gasteiger partial charge is 0.393 e. The molecule has 2 N–H and O–H groups in total. The molecule has 0 aromatic carbocycles. The molecule has 1 aliphatic carbocycles. The summed E-state index contributed by atoms with van der Waals surface area (Å²) in [4.78, 5) is 1.36. The van der Waals surface area contributed by atoms with Gasteiger partial charge in [-0.05, 0) is 53.7 Å². The highest BCUT2D eigenvalue weighted by Crippen LogP contribution is 2.25. The van der Waals surface area contributed by atoms with Crippen molar-refractivity contribution in [2.45, 2.75) is 31.9 Å². The van der Waals surface area contributed by atoms with Crippen LogP contribution in [0.5, 0.6) is 0 Å². The van der Waals surface area contributed by atoms with Crippen molar-refractivity contribution in [3.63, 3.8) is 0 Å². The third-order valence-corrected chi connectivity index (χ3v) is 4.57. The van der Waals surface area contributed by atoms with E-state index in [-0.39, 0.29) is 6.10 Å². The van der Waals surface area contributed by atoms with Gasteiger partial charge in [0, 0.05) is 21.3 Å². The third-order valence-electron chi connectivity index (χ3n) is 2.87. The van der Waals surface area contributed by atoms with E-state index >= 15 is 0 Å². The minimum absolute atomic E-state index is 0.0484. The average molecular weight is 290 g/mol. The van der Waals surface area contributed by atoms with Gasteiger partial charge in [-0.15, -0.1) is 11.3 Å². The third kappa shape index (κ3) is 3.55. The summed E-state index contributed by atoms with van der Waals surface area (Å²) in [6, 6.07) is 2.15. The molecule has 2 nitrogen and oxygen atoms in total. The molecule has 1 aromatic heterocycles. The van der Waals surface area contributed by atoms with Crippen LogP contribution in [-0.2, 0) is 6.54 Å². The highest BCUT2D eigenvalue weighted by atomic mass is 79.9. The first-order chi connectivity index (χ1) is 7.24. The Labute approximate surface area is 103 Å². The highest BCUT2D eigenvalue weighted by Gasteiger charge is 2.21. The Morgan fingerprint density at radius 2 is 2.40 bits per heavy atom. The van der Waals surface area contributed by atoms with E-state index in [1.807, 2.05) is 0 Å². The summed E-state index contributed by atoms with van der Waals surface area (Å²) >= 11 is 5.22. The lowest BCUT2D eigenvalue weighted by molar-refractivity contribution is 0.177. The van der Waals surface area contributed by atoms with Crippen molar-refractivity contribution in [1.82, 2.24) is 5.32 Å². The summed E-state index contributed by atoms with van der Waals surface area (Å²) in [5.74, 6) is 0.670. The Bertz CT molecular complexity index is 315. The van der Waals surface area contributed by atoms with Gasteiger partial charge in [-0.25, -0.2) is 0 Å². The van der Waals surface area contributed by atoms with Crippen LogP contribution in [0.25, 0.3) is 0 Å². The van der Waals surface area contributed by atoms with Crippen molar-refractivity contribution in [3.8, 4) is 0 Å². The van der Waals surface area contributed by atoms with Gasteiger partial charge in [0.2, 0.25) is 0 Å². The molecule has 15 heavy (non-hydrogen) atoms. The van der Waals surface area contributed by atoms with Crippen LogP contribution in [0, 0.1) is 5.92 Å². The fourth-order valence-corrected chi connectivity index (χ4v) is 3.50. The van der Waals surface area contributed by atoms with Gasteiger partial charge in [-0.3, -0.25) is 0 Å². The van der Waals surface area contributed by atoms with Crippen molar-refractivity contribution < 1.29 is 5.11 Å². The Hall–Kier alpha value is 0.1000. The molecule has 1 fully saturated rings. The second-order valence-electron chi connectivity index (χ2n) is 4.20. The lowest BCUT2D eigenvalue weighted by atomic mass is 10.1. The second kappa shape index (κ2) is 5.43. The molecular formula is C11H16BrNOS. The lowest BCUT2D eigenvalue weighted by Gasteiger charge is -2.09. The topological polar surface area (TPSA) is 32.3 Å². The van der Waals surface area contributed by atoms with Crippen LogP contribution in [0.4, 0.5) is 0 Å². The summed E-state index contributed by atoms with van der Waals surface area (Å²) in [5.41, 5.74) is 0. The van der Waals surface area contributed by atoms with Gasteiger partial charge in [-0.1, -0.05) is 0 Å². The first-order valence-corrected chi connectivity index (χ1v) is 7.03. The maximum Gasteiger partial charge on any atom is 0.0543 e. The Morgan fingerprint density at radius 3 is 3.00 bits per heavy atom. The molecule has 1 saturated carbocycles. The van der Waals surface area contributed by atoms with Gasteiger partial charge in [-0.2, -0.15) is 0 Å². The molecule has 1 aliphatic rings.